The largest absolute Gasteiger partial charge is 0.497 e. The first kappa shape index (κ1) is 13.9. The van der Waals surface area contributed by atoms with Crippen LogP contribution in [0.1, 0.15) is 22.7 Å². The SMILES string of the molecule is COc1ccc2c(c1)CCNC2c1cc(F)c(F)cc1F. The van der Waals surface area contributed by atoms with Gasteiger partial charge in [0.2, 0.25) is 0 Å². The zero-order chi connectivity index (χ0) is 15.0. The van der Waals surface area contributed by atoms with Gasteiger partial charge in [-0.05, 0) is 35.7 Å². The molecule has 1 atom stereocenters. The van der Waals surface area contributed by atoms with E-state index in [1.165, 1.54) is 0 Å². The Labute approximate surface area is 120 Å². The molecule has 110 valence electrons. The lowest BCUT2D eigenvalue weighted by Gasteiger charge is -2.28. The molecule has 1 unspecified atom stereocenters. The third kappa shape index (κ3) is 2.49. The Morgan fingerprint density at radius 1 is 1.00 bits per heavy atom. The summed E-state index contributed by atoms with van der Waals surface area (Å²) in [5.41, 5.74) is 1.98. The van der Waals surface area contributed by atoms with Crippen LogP contribution in [0.5, 0.6) is 5.75 Å². The smallest absolute Gasteiger partial charge is 0.161 e. The van der Waals surface area contributed by atoms with Crippen molar-refractivity contribution in [1.82, 2.24) is 5.32 Å². The molecule has 2 aromatic rings. The molecule has 21 heavy (non-hydrogen) atoms. The van der Waals surface area contributed by atoms with Gasteiger partial charge in [-0.1, -0.05) is 6.07 Å². The van der Waals surface area contributed by atoms with Gasteiger partial charge >= 0.3 is 0 Å². The molecule has 0 aliphatic carbocycles. The maximum absolute atomic E-state index is 14.0. The first-order chi connectivity index (χ1) is 10.1. The van der Waals surface area contributed by atoms with Crippen LogP contribution in [0.3, 0.4) is 0 Å². The van der Waals surface area contributed by atoms with E-state index in [4.69, 9.17) is 4.74 Å². The molecule has 0 saturated heterocycles. The van der Waals surface area contributed by atoms with Crippen molar-refractivity contribution in [2.24, 2.45) is 0 Å². The van der Waals surface area contributed by atoms with Crippen LogP contribution >= 0.6 is 0 Å². The van der Waals surface area contributed by atoms with E-state index < -0.39 is 23.5 Å². The number of nitrogens with one attached hydrogen (secondary N) is 1. The predicted octanol–water partition coefficient (Wildman–Crippen LogP) is 3.35. The van der Waals surface area contributed by atoms with E-state index >= 15 is 0 Å². The number of hydrogen-bond donors (Lipinski definition) is 1. The molecule has 1 N–H and O–H groups in total. The molecule has 2 aromatic carbocycles. The Kier molecular flexibility index (Phi) is 3.59. The minimum Gasteiger partial charge on any atom is -0.497 e. The molecule has 2 nitrogen and oxygen atoms in total. The highest BCUT2D eigenvalue weighted by atomic mass is 19.2. The number of halogens is 3. The number of hydrogen-bond acceptors (Lipinski definition) is 2. The summed E-state index contributed by atoms with van der Waals surface area (Å²) in [4.78, 5) is 0. The van der Waals surface area contributed by atoms with Crippen LogP contribution < -0.4 is 10.1 Å². The van der Waals surface area contributed by atoms with E-state index in [2.05, 4.69) is 5.32 Å². The summed E-state index contributed by atoms with van der Waals surface area (Å²) in [5.74, 6) is -2.26. The van der Waals surface area contributed by atoms with Gasteiger partial charge in [0.1, 0.15) is 11.6 Å². The predicted molar refractivity (Wildman–Crippen MR) is 72.9 cm³/mol. The molecule has 0 saturated carbocycles. The van der Waals surface area contributed by atoms with Gasteiger partial charge in [-0.2, -0.15) is 0 Å². The fraction of sp³-hybridized carbons (Fsp3) is 0.250. The Morgan fingerprint density at radius 3 is 2.52 bits per heavy atom. The summed E-state index contributed by atoms with van der Waals surface area (Å²) >= 11 is 0. The van der Waals surface area contributed by atoms with Crippen LogP contribution in [0, 0.1) is 17.5 Å². The Balaban J connectivity index is 2.08. The number of ether oxygens (including phenoxy) is 1. The Bertz CT molecular complexity index is 687. The van der Waals surface area contributed by atoms with E-state index in [-0.39, 0.29) is 5.56 Å². The summed E-state index contributed by atoms with van der Waals surface area (Å²) in [6.45, 7) is 0.628. The maximum atomic E-state index is 14.0. The third-order valence-electron chi connectivity index (χ3n) is 3.75. The van der Waals surface area contributed by atoms with Crippen molar-refractivity contribution in [3.63, 3.8) is 0 Å². The summed E-state index contributed by atoms with van der Waals surface area (Å²) in [6, 6.07) is 6.50. The van der Waals surface area contributed by atoms with Crippen molar-refractivity contribution in [2.75, 3.05) is 13.7 Å². The van der Waals surface area contributed by atoms with E-state index in [0.29, 0.717) is 12.6 Å². The van der Waals surface area contributed by atoms with Crippen LogP contribution in [0.15, 0.2) is 30.3 Å². The van der Waals surface area contributed by atoms with Gasteiger partial charge in [0.25, 0.3) is 0 Å². The van der Waals surface area contributed by atoms with Crippen LogP contribution in [-0.2, 0) is 6.42 Å². The highest BCUT2D eigenvalue weighted by Gasteiger charge is 2.25. The maximum Gasteiger partial charge on any atom is 0.161 e. The molecule has 0 amide bonds. The van der Waals surface area contributed by atoms with Crippen LogP contribution in [-0.4, -0.2) is 13.7 Å². The van der Waals surface area contributed by atoms with Gasteiger partial charge in [-0.25, -0.2) is 13.2 Å². The second-order valence-electron chi connectivity index (χ2n) is 4.99. The van der Waals surface area contributed by atoms with Crippen molar-refractivity contribution in [2.45, 2.75) is 12.5 Å². The molecule has 5 heteroatoms. The summed E-state index contributed by atoms with van der Waals surface area (Å²) in [5, 5.41) is 3.15. The van der Waals surface area contributed by atoms with Gasteiger partial charge in [0.15, 0.2) is 11.6 Å². The van der Waals surface area contributed by atoms with Crippen LogP contribution in [0.2, 0.25) is 0 Å². The van der Waals surface area contributed by atoms with E-state index in [0.717, 1.165) is 29.4 Å². The zero-order valence-electron chi connectivity index (χ0n) is 11.4. The average molecular weight is 293 g/mol. The minimum absolute atomic E-state index is 0.111. The van der Waals surface area contributed by atoms with Crippen molar-refractivity contribution < 1.29 is 17.9 Å². The summed E-state index contributed by atoms with van der Waals surface area (Å²) in [7, 11) is 1.58. The number of benzene rings is 2. The number of fused-ring (bicyclic) bond motifs is 1. The van der Waals surface area contributed by atoms with Crippen molar-refractivity contribution >= 4 is 0 Å². The van der Waals surface area contributed by atoms with Crippen LogP contribution in [0.4, 0.5) is 13.2 Å². The topological polar surface area (TPSA) is 21.3 Å². The van der Waals surface area contributed by atoms with Crippen molar-refractivity contribution in [3.05, 3.63) is 64.5 Å². The normalized spacial score (nSPS) is 17.4. The van der Waals surface area contributed by atoms with E-state index in [1.54, 1.807) is 13.2 Å². The molecule has 0 spiro atoms. The fourth-order valence-corrected chi connectivity index (χ4v) is 2.71. The fourth-order valence-electron chi connectivity index (χ4n) is 2.71. The second-order valence-corrected chi connectivity index (χ2v) is 4.99. The molecule has 0 radical (unpaired) electrons. The van der Waals surface area contributed by atoms with Gasteiger partial charge in [0.05, 0.1) is 13.2 Å². The second kappa shape index (κ2) is 5.41. The molecule has 1 aliphatic rings. The lowest BCUT2D eigenvalue weighted by atomic mass is 9.89. The van der Waals surface area contributed by atoms with Crippen LogP contribution in [0.25, 0.3) is 0 Å². The molecule has 1 aliphatic heterocycles. The molecular weight excluding hydrogens is 279 g/mol. The molecule has 3 rings (SSSR count). The van der Waals surface area contributed by atoms with Gasteiger partial charge in [-0.3, -0.25) is 0 Å². The van der Waals surface area contributed by atoms with Crippen molar-refractivity contribution in [1.29, 1.82) is 0 Å². The van der Waals surface area contributed by atoms with E-state index in [1.807, 2.05) is 12.1 Å². The van der Waals surface area contributed by atoms with Gasteiger partial charge < -0.3 is 10.1 Å². The minimum atomic E-state index is -1.18. The average Bonchev–Trinajstić information content (AvgIpc) is 2.50. The van der Waals surface area contributed by atoms with Gasteiger partial charge in [-0.15, -0.1) is 0 Å². The van der Waals surface area contributed by atoms with E-state index in [9.17, 15) is 13.2 Å². The molecule has 1 heterocycles. The first-order valence-electron chi connectivity index (χ1n) is 6.65. The van der Waals surface area contributed by atoms with Gasteiger partial charge in [0, 0.05) is 18.2 Å². The standard InChI is InChI=1S/C16H14F3NO/c1-21-10-2-3-11-9(6-10)4-5-20-16(11)12-7-14(18)15(19)8-13(12)17/h2-3,6-8,16,20H,4-5H2,1H3. The molecule has 0 fully saturated rings. The molecular formula is C16H14F3NO. The van der Waals surface area contributed by atoms with Crippen molar-refractivity contribution in [3.8, 4) is 5.75 Å². The Hall–Kier alpha value is -2.01. The number of methoxy groups -OCH3 is 1. The summed E-state index contributed by atoms with van der Waals surface area (Å²) in [6.07, 6.45) is 0.772. The lowest BCUT2D eigenvalue weighted by Crippen LogP contribution is -2.31. The highest BCUT2D eigenvalue weighted by Crippen LogP contribution is 2.33. The summed E-state index contributed by atoms with van der Waals surface area (Å²) < 4.78 is 45.6. The molecule has 0 aromatic heterocycles. The Morgan fingerprint density at radius 2 is 1.76 bits per heavy atom. The molecule has 0 bridgehead atoms. The highest BCUT2D eigenvalue weighted by molar-refractivity contribution is 5.44. The first-order valence-corrected chi connectivity index (χ1v) is 6.65. The lowest BCUT2D eigenvalue weighted by molar-refractivity contribution is 0.412. The third-order valence-corrected chi connectivity index (χ3v) is 3.75. The quantitative estimate of drug-likeness (QED) is 0.857. The monoisotopic (exact) mass is 293 g/mol. The number of rotatable bonds is 2. The zero-order valence-corrected chi connectivity index (χ0v) is 11.4.